The topological polar surface area (TPSA) is 88.5 Å². The molecule has 0 saturated heterocycles. The standard InChI is InChI=1S/C8H16O5S2/c1-7(2)15(12,13)6-5-14(11)4-3-8(9)10/h7H,3-6H2,1-2H3,(H,9,10). The van der Waals surface area contributed by atoms with Gasteiger partial charge in [0.15, 0.2) is 9.84 Å². The molecule has 0 aliphatic carbocycles. The van der Waals surface area contributed by atoms with Crippen molar-refractivity contribution in [3.05, 3.63) is 0 Å². The number of carboxylic acid groups (broad SMARTS) is 1. The predicted molar refractivity (Wildman–Crippen MR) is 59.1 cm³/mol. The Hall–Kier alpha value is -0.430. The molecule has 0 heterocycles. The Morgan fingerprint density at radius 3 is 2.27 bits per heavy atom. The molecule has 1 N–H and O–H groups in total. The van der Waals surface area contributed by atoms with E-state index in [9.17, 15) is 17.4 Å². The number of rotatable bonds is 7. The summed E-state index contributed by atoms with van der Waals surface area (Å²) in [6.07, 6.45) is -0.186. The molecule has 0 radical (unpaired) electrons. The highest BCUT2D eigenvalue weighted by atomic mass is 32.2. The fourth-order valence-corrected chi connectivity index (χ4v) is 3.50. The Morgan fingerprint density at radius 2 is 1.87 bits per heavy atom. The van der Waals surface area contributed by atoms with Gasteiger partial charge in [-0.05, 0) is 13.8 Å². The maximum Gasteiger partial charge on any atom is 0.304 e. The first-order valence-electron chi connectivity index (χ1n) is 4.54. The van der Waals surface area contributed by atoms with Crippen LogP contribution in [0.3, 0.4) is 0 Å². The van der Waals surface area contributed by atoms with Crippen LogP contribution in [0, 0.1) is 0 Å². The van der Waals surface area contributed by atoms with E-state index in [0.717, 1.165) is 0 Å². The largest absolute Gasteiger partial charge is 0.481 e. The van der Waals surface area contributed by atoms with E-state index in [1.807, 2.05) is 0 Å². The minimum Gasteiger partial charge on any atom is -0.481 e. The zero-order chi connectivity index (χ0) is 12.1. The Labute approximate surface area is 92.2 Å². The van der Waals surface area contributed by atoms with Crippen LogP contribution in [0.2, 0.25) is 0 Å². The van der Waals surface area contributed by atoms with Crippen LogP contribution in [0.15, 0.2) is 0 Å². The van der Waals surface area contributed by atoms with Gasteiger partial charge in [-0.15, -0.1) is 0 Å². The lowest BCUT2D eigenvalue weighted by Gasteiger charge is -2.06. The quantitative estimate of drug-likeness (QED) is 0.694. The molecule has 0 aromatic rings. The molecule has 0 aliphatic rings. The summed E-state index contributed by atoms with van der Waals surface area (Å²) in [5.74, 6) is -1.12. The molecule has 1 unspecified atom stereocenters. The average Bonchev–Trinajstić information content (AvgIpc) is 2.11. The average molecular weight is 256 g/mol. The number of carboxylic acids is 1. The molecule has 0 rings (SSSR count). The molecule has 0 aromatic carbocycles. The molecule has 0 saturated carbocycles. The van der Waals surface area contributed by atoms with E-state index in [2.05, 4.69) is 0 Å². The summed E-state index contributed by atoms with van der Waals surface area (Å²) in [6.45, 7) is 3.13. The van der Waals surface area contributed by atoms with Crippen LogP contribution in [0.4, 0.5) is 0 Å². The van der Waals surface area contributed by atoms with Crippen LogP contribution in [0.25, 0.3) is 0 Å². The Morgan fingerprint density at radius 1 is 1.33 bits per heavy atom. The maximum absolute atomic E-state index is 11.3. The van der Waals surface area contributed by atoms with Gasteiger partial charge in [-0.1, -0.05) is 0 Å². The second-order valence-electron chi connectivity index (χ2n) is 3.41. The van der Waals surface area contributed by atoms with Crippen LogP contribution in [-0.4, -0.2) is 46.2 Å². The molecule has 0 aromatic heterocycles. The molecule has 1 atom stereocenters. The minimum absolute atomic E-state index is 0.0168. The molecule has 7 heteroatoms. The number of hydrogen-bond donors (Lipinski definition) is 1. The number of hydrogen-bond acceptors (Lipinski definition) is 4. The van der Waals surface area contributed by atoms with Crippen molar-refractivity contribution in [2.24, 2.45) is 0 Å². The highest BCUT2D eigenvalue weighted by Gasteiger charge is 2.17. The summed E-state index contributed by atoms with van der Waals surface area (Å²) in [7, 11) is -4.54. The smallest absolute Gasteiger partial charge is 0.304 e. The van der Waals surface area contributed by atoms with Gasteiger partial charge in [-0.2, -0.15) is 0 Å². The van der Waals surface area contributed by atoms with Crippen LogP contribution < -0.4 is 0 Å². The number of carbonyl (C=O) groups is 1. The summed E-state index contributed by atoms with van der Waals surface area (Å²) in [6, 6.07) is 0. The Kier molecular flexibility index (Phi) is 6.04. The van der Waals surface area contributed by atoms with Gasteiger partial charge in [0.25, 0.3) is 0 Å². The van der Waals surface area contributed by atoms with Crippen LogP contribution >= 0.6 is 0 Å². The highest BCUT2D eigenvalue weighted by Crippen LogP contribution is 2.01. The molecule has 0 spiro atoms. The molecule has 15 heavy (non-hydrogen) atoms. The van der Waals surface area contributed by atoms with Crippen molar-refractivity contribution in [3.8, 4) is 0 Å². The normalized spacial score (nSPS) is 14.1. The van der Waals surface area contributed by atoms with Crippen molar-refractivity contribution in [1.82, 2.24) is 0 Å². The van der Waals surface area contributed by atoms with E-state index in [1.54, 1.807) is 13.8 Å². The van der Waals surface area contributed by atoms with Crippen molar-refractivity contribution >= 4 is 26.6 Å². The van der Waals surface area contributed by atoms with Gasteiger partial charge in [0.2, 0.25) is 0 Å². The van der Waals surface area contributed by atoms with Gasteiger partial charge in [-0.25, -0.2) is 8.42 Å². The van der Waals surface area contributed by atoms with Gasteiger partial charge in [-0.3, -0.25) is 9.00 Å². The molecule has 0 amide bonds. The summed E-state index contributed by atoms with van der Waals surface area (Å²) >= 11 is 0. The van der Waals surface area contributed by atoms with Crippen molar-refractivity contribution in [3.63, 3.8) is 0 Å². The molecular weight excluding hydrogens is 240 g/mol. The van der Waals surface area contributed by atoms with Crippen LogP contribution in [0.1, 0.15) is 20.3 Å². The molecule has 0 bridgehead atoms. The monoisotopic (exact) mass is 256 g/mol. The van der Waals surface area contributed by atoms with E-state index in [-0.39, 0.29) is 23.7 Å². The van der Waals surface area contributed by atoms with Crippen molar-refractivity contribution in [1.29, 1.82) is 0 Å². The fraction of sp³-hybridized carbons (Fsp3) is 0.875. The Bertz CT molecular complexity index is 331. The lowest BCUT2D eigenvalue weighted by Crippen LogP contribution is -2.22. The maximum atomic E-state index is 11.3. The summed E-state index contributed by atoms with van der Waals surface area (Å²) < 4.78 is 33.8. The van der Waals surface area contributed by atoms with Gasteiger partial charge in [0.05, 0.1) is 17.4 Å². The highest BCUT2D eigenvalue weighted by molar-refractivity contribution is 7.93. The number of aliphatic carboxylic acids is 1. The predicted octanol–water partition coefficient (Wildman–Crippen LogP) is 0.0330. The zero-order valence-electron chi connectivity index (χ0n) is 8.80. The second-order valence-corrected chi connectivity index (χ2v) is 7.78. The third-order valence-electron chi connectivity index (χ3n) is 1.86. The lowest BCUT2D eigenvalue weighted by atomic mass is 10.5. The summed E-state index contributed by atoms with van der Waals surface area (Å²) in [4.78, 5) is 10.2. The number of sulfone groups is 1. The second kappa shape index (κ2) is 6.22. The van der Waals surface area contributed by atoms with Crippen LogP contribution in [0.5, 0.6) is 0 Å². The van der Waals surface area contributed by atoms with E-state index in [1.165, 1.54) is 0 Å². The molecule has 5 nitrogen and oxygen atoms in total. The van der Waals surface area contributed by atoms with Gasteiger partial charge < -0.3 is 5.11 Å². The van der Waals surface area contributed by atoms with Crippen molar-refractivity contribution < 1.29 is 22.5 Å². The lowest BCUT2D eigenvalue weighted by molar-refractivity contribution is -0.136. The first-order chi connectivity index (χ1) is 6.75. The first-order valence-corrected chi connectivity index (χ1v) is 7.74. The third kappa shape index (κ3) is 6.62. The van der Waals surface area contributed by atoms with Gasteiger partial charge >= 0.3 is 5.97 Å². The molecule has 0 aliphatic heterocycles. The molecule has 90 valence electrons. The van der Waals surface area contributed by atoms with Crippen molar-refractivity contribution in [2.75, 3.05) is 17.3 Å². The molecular formula is C8H16O5S2. The minimum atomic E-state index is -3.17. The van der Waals surface area contributed by atoms with E-state index < -0.39 is 31.9 Å². The summed E-state index contributed by atoms with van der Waals surface area (Å²) in [5, 5.41) is 7.85. The SMILES string of the molecule is CC(C)S(=O)(=O)CCS(=O)CCC(=O)O. The van der Waals surface area contributed by atoms with Gasteiger partial charge in [0, 0.05) is 22.3 Å². The first kappa shape index (κ1) is 14.6. The summed E-state index contributed by atoms with van der Waals surface area (Å²) in [5.41, 5.74) is 0. The van der Waals surface area contributed by atoms with E-state index in [4.69, 9.17) is 5.11 Å². The molecule has 0 fully saturated rings. The fourth-order valence-electron chi connectivity index (χ4n) is 0.748. The van der Waals surface area contributed by atoms with E-state index >= 15 is 0 Å². The van der Waals surface area contributed by atoms with E-state index in [0.29, 0.717) is 0 Å². The Balaban J connectivity index is 3.97. The third-order valence-corrected chi connectivity index (χ3v) is 5.64. The van der Waals surface area contributed by atoms with Gasteiger partial charge in [0.1, 0.15) is 0 Å². The van der Waals surface area contributed by atoms with Crippen molar-refractivity contribution in [2.45, 2.75) is 25.5 Å². The zero-order valence-corrected chi connectivity index (χ0v) is 10.4. The van der Waals surface area contributed by atoms with Crippen LogP contribution in [-0.2, 0) is 25.4 Å².